The predicted octanol–water partition coefficient (Wildman–Crippen LogP) is 6.14. The maximum Gasteiger partial charge on any atom is 0.336 e. The first-order chi connectivity index (χ1) is 21.5. The van der Waals surface area contributed by atoms with Crippen LogP contribution in [-0.2, 0) is 28.7 Å². The zero-order chi connectivity index (χ0) is 32.8. The van der Waals surface area contributed by atoms with Crippen LogP contribution in [0.4, 0.5) is 0 Å². The van der Waals surface area contributed by atoms with Crippen molar-refractivity contribution in [3.05, 3.63) is 120 Å². The fraction of sp³-hybridized carbons (Fsp3) is 0.143. The highest BCUT2D eigenvalue weighted by Gasteiger charge is 2.09. The quantitative estimate of drug-likeness (QED) is 0.0907. The van der Waals surface area contributed by atoms with Gasteiger partial charge in [0.1, 0.15) is 23.0 Å². The Morgan fingerprint density at radius 1 is 0.622 bits per heavy atom. The average Bonchev–Trinajstić information content (AvgIpc) is 3.01. The molecule has 0 saturated heterocycles. The lowest BCUT2D eigenvalue weighted by Crippen LogP contribution is -2.10. The van der Waals surface area contributed by atoms with E-state index in [2.05, 4.69) is 13.2 Å². The van der Waals surface area contributed by atoms with E-state index in [0.717, 1.165) is 11.1 Å². The lowest BCUT2D eigenvalue weighted by molar-refractivity contribution is -0.146. The van der Waals surface area contributed by atoms with Crippen molar-refractivity contribution in [1.82, 2.24) is 0 Å². The van der Waals surface area contributed by atoms with E-state index in [1.165, 1.54) is 24.3 Å². The Balaban J connectivity index is 1.45. The zero-order valence-corrected chi connectivity index (χ0v) is 25.1. The van der Waals surface area contributed by atoms with Crippen molar-refractivity contribution in [3.8, 4) is 23.0 Å². The van der Waals surface area contributed by atoms with Gasteiger partial charge in [-0.1, -0.05) is 37.4 Å². The van der Waals surface area contributed by atoms with Gasteiger partial charge in [-0.15, -0.1) is 0 Å². The molecular formula is C35H32O10. The molecule has 0 saturated carbocycles. The minimum Gasteiger partial charge on any atom is -0.457 e. The maximum absolute atomic E-state index is 12.4. The first-order valence-corrected chi connectivity index (χ1v) is 13.5. The molecule has 0 N–H and O–H groups in total. The molecule has 0 aromatic heterocycles. The van der Waals surface area contributed by atoms with Crippen LogP contribution in [-0.4, -0.2) is 37.5 Å². The van der Waals surface area contributed by atoms with E-state index in [9.17, 15) is 19.2 Å². The van der Waals surface area contributed by atoms with Gasteiger partial charge in [-0.25, -0.2) is 19.2 Å². The molecule has 0 amide bonds. The molecule has 0 heterocycles. The highest BCUT2D eigenvalue weighted by atomic mass is 16.7. The molecule has 232 valence electrons. The molecule has 3 rings (SSSR count). The molecule has 0 atom stereocenters. The average molecular weight is 613 g/mol. The molecule has 0 aliphatic heterocycles. The number of ether oxygens (including phenoxy) is 6. The van der Waals surface area contributed by atoms with Crippen molar-refractivity contribution in [2.45, 2.75) is 20.8 Å². The number of aryl methyl sites for hydroxylation is 1. The number of carbonyl (C=O) groups excluding carboxylic acids is 4. The summed E-state index contributed by atoms with van der Waals surface area (Å²) in [4.78, 5) is 47.4. The van der Waals surface area contributed by atoms with Crippen LogP contribution in [0.1, 0.15) is 30.5 Å². The Morgan fingerprint density at radius 2 is 1.04 bits per heavy atom. The number of rotatable bonds is 14. The number of esters is 4. The molecule has 10 heteroatoms. The van der Waals surface area contributed by atoms with E-state index >= 15 is 0 Å². The molecule has 45 heavy (non-hydrogen) atoms. The summed E-state index contributed by atoms with van der Waals surface area (Å²) in [7, 11) is 0. The van der Waals surface area contributed by atoms with Gasteiger partial charge in [0.25, 0.3) is 0 Å². The van der Waals surface area contributed by atoms with E-state index in [1.54, 1.807) is 87.5 Å². The number of hydrogen-bond acceptors (Lipinski definition) is 10. The van der Waals surface area contributed by atoms with E-state index in [1.807, 2.05) is 0 Å². The fourth-order valence-corrected chi connectivity index (χ4v) is 3.32. The molecule has 0 aliphatic rings. The second-order valence-corrected chi connectivity index (χ2v) is 9.52. The van der Waals surface area contributed by atoms with Gasteiger partial charge in [-0.2, -0.15) is 0 Å². The Bertz CT molecular complexity index is 1610. The first kappa shape index (κ1) is 33.6. The third kappa shape index (κ3) is 11.7. The molecule has 0 bridgehead atoms. The summed E-state index contributed by atoms with van der Waals surface area (Å²) in [6.45, 7) is 11.3. The SMILES string of the molecule is C=C(C)C(=O)OCOc1ccc(/C=C/C(=O)Oc2ccc(OC(=O)/C=C/c3ccc(OCOC(=O)C(=C)C)cc3)c(C)c2)cc1. The van der Waals surface area contributed by atoms with Crippen LogP contribution in [0.2, 0.25) is 0 Å². The zero-order valence-electron chi connectivity index (χ0n) is 25.1. The van der Waals surface area contributed by atoms with E-state index in [-0.39, 0.29) is 30.5 Å². The molecule has 3 aromatic carbocycles. The van der Waals surface area contributed by atoms with Crippen molar-refractivity contribution in [1.29, 1.82) is 0 Å². The lowest BCUT2D eigenvalue weighted by atomic mass is 10.2. The highest BCUT2D eigenvalue weighted by molar-refractivity contribution is 5.90. The van der Waals surface area contributed by atoms with E-state index < -0.39 is 23.9 Å². The predicted molar refractivity (Wildman–Crippen MR) is 166 cm³/mol. The summed E-state index contributed by atoms with van der Waals surface area (Å²) in [5, 5.41) is 0. The van der Waals surface area contributed by atoms with Crippen LogP contribution < -0.4 is 18.9 Å². The Hall–Kier alpha value is -5.90. The van der Waals surface area contributed by atoms with Gasteiger partial charge >= 0.3 is 23.9 Å². The van der Waals surface area contributed by atoms with Gasteiger partial charge in [0.15, 0.2) is 0 Å². The monoisotopic (exact) mass is 612 g/mol. The third-order valence-corrected chi connectivity index (χ3v) is 5.69. The smallest absolute Gasteiger partial charge is 0.336 e. The van der Waals surface area contributed by atoms with E-state index in [0.29, 0.717) is 22.8 Å². The summed E-state index contributed by atoms with van der Waals surface area (Å²) < 4.78 is 31.2. The van der Waals surface area contributed by atoms with Crippen molar-refractivity contribution in [2.24, 2.45) is 0 Å². The van der Waals surface area contributed by atoms with Gasteiger partial charge in [0.05, 0.1) is 0 Å². The number of hydrogen-bond donors (Lipinski definition) is 0. The van der Waals surface area contributed by atoms with Gasteiger partial charge in [-0.05, 0) is 92.1 Å². The molecule has 3 aromatic rings. The van der Waals surface area contributed by atoms with Gasteiger partial charge in [-0.3, -0.25) is 0 Å². The standard InChI is InChI=1S/C35H32O10/c1-23(2)34(38)42-21-40-28-12-6-26(7-13-28)10-18-32(36)44-30-16-17-31(25(5)20-30)45-33(37)19-11-27-8-14-29(15-9-27)41-22-43-35(39)24(3)4/h6-20H,1,3,21-22H2,2,4-5H3/b18-10+,19-11+. The molecule has 10 nitrogen and oxygen atoms in total. The molecule has 0 spiro atoms. The van der Waals surface area contributed by atoms with E-state index in [4.69, 9.17) is 28.4 Å². The number of carbonyl (C=O) groups is 4. The van der Waals surface area contributed by atoms with Crippen LogP contribution in [0.5, 0.6) is 23.0 Å². The van der Waals surface area contributed by atoms with Crippen LogP contribution in [0.3, 0.4) is 0 Å². The van der Waals surface area contributed by atoms with Crippen molar-refractivity contribution in [3.63, 3.8) is 0 Å². The molecule has 0 unspecified atom stereocenters. The van der Waals surface area contributed by atoms with Crippen LogP contribution in [0.25, 0.3) is 12.2 Å². The van der Waals surface area contributed by atoms with Gasteiger partial charge < -0.3 is 28.4 Å². The molecule has 0 radical (unpaired) electrons. The Morgan fingerprint density at radius 3 is 1.47 bits per heavy atom. The Kier molecular flexibility index (Phi) is 12.4. The summed E-state index contributed by atoms with van der Waals surface area (Å²) in [6, 6.07) is 18.2. The molecule has 0 aliphatic carbocycles. The fourth-order valence-electron chi connectivity index (χ4n) is 3.32. The minimum absolute atomic E-state index is 0.244. The van der Waals surface area contributed by atoms with Crippen molar-refractivity contribution < 1.29 is 47.6 Å². The van der Waals surface area contributed by atoms with Crippen LogP contribution >= 0.6 is 0 Å². The molecule has 0 fully saturated rings. The second kappa shape index (κ2) is 16.7. The van der Waals surface area contributed by atoms with Crippen LogP contribution in [0.15, 0.2) is 103 Å². The van der Waals surface area contributed by atoms with Crippen molar-refractivity contribution in [2.75, 3.05) is 13.6 Å². The van der Waals surface area contributed by atoms with Gasteiger partial charge in [0, 0.05) is 23.3 Å². The highest BCUT2D eigenvalue weighted by Crippen LogP contribution is 2.24. The second-order valence-electron chi connectivity index (χ2n) is 9.52. The number of benzene rings is 3. The molecular weight excluding hydrogens is 580 g/mol. The summed E-state index contributed by atoms with van der Waals surface area (Å²) >= 11 is 0. The van der Waals surface area contributed by atoms with Gasteiger partial charge in [0.2, 0.25) is 13.6 Å². The summed E-state index contributed by atoms with van der Waals surface area (Å²) in [5.41, 5.74) is 2.58. The normalized spacial score (nSPS) is 10.6. The van der Waals surface area contributed by atoms with Crippen LogP contribution in [0, 0.1) is 6.92 Å². The third-order valence-electron chi connectivity index (χ3n) is 5.69. The van der Waals surface area contributed by atoms with Crippen molar-refractivity contribution >= 4 is 36.0 Å². The maximum atomic E-state index is 12.4. The minimum atomic E-state index is -0.599. The topological polar surface area (TPSA) is 124 Å². The Labute approximate surface area is 260 Å². The first-order valence-electron chi connectivity index (χ1n) is 13.5. The summed E-state index contributed by atoms with van der Waals surface area (Å²) in [5.74, 6) is -0.718. The summed E-state index contributed by atoms with van der Waals surface area (Å²) in [6.07, 6.45) is 5.70. The lowest BCUT2D eigenvalue weighted by Gasteiger charge is -2.08. The largest absolute Gasteiger partial charge is 0.457 e.